The van der Waals surface area contributed by atoms with Gasteiger partial charge >= 0.3 is 0 Å². The van der Waals surface area contributed by atoms with Gasteiger partial charge in [0, 0.05) is 12.6 Å². The molecule has 2 rings (SSSR count). The molecular weight excluding hydrogens is 186 g/mol. The van der Waals surface area contributed by atoms with Crippen molar-refractivity contribution in [3.05, 3.63) is 42.0 Å². The Balaban J connectivity index is 1.84. The summed E-state index contributed by atoms with van der Waals surface area (Å²) in [6, 6.07) is 8.02. The van der Waals surface area contributed by atoms with Crippen molar-refractivity contribution in [2.24, 2.45) is 0 Å². The summed E-state index contributed by atoms with van der Waals surface area (Å²) in [4.78, 5) is 0. The number of aromatic hydroxyl groups is 1. The van der Waals surface area contributed by atoms with Crippen LogP contribution in [0.4, 0.5) is 0 Å². The standard InChI is InChI=1S/C13H17NO/c15-13-8-4-5-11(9-13)10-14-12-6-2-1-3-7-12/h1-2,4-5,8-9,12,14-15H,3,6-7,10H2. The van der Waals surface area contributed by atoms with Crippen LogP contribution in [0.1, 0.15) is 24.8 Å². The van der Waals surface area contributed by atoms with Gasteiger partial charge in [0.15, 0.2) is 0 Å². The lowest BCUT2D eigenvalue weighted by molar-refractivity contribution is 0.465. The molecule has 0 amide bonds. The predicted molar refractivity (Wildman–Crippen MR) is 61.7 cm³/mol. The van der Waals surface area contributed by atoms with E-state index in [-0.39, 0.29) is 0 Å². The summed E-state index contributed by atoms with van der Waals surface area (Å²) in [5.74, 6) is 0.345. The molecule has 2 heteroatoms. The molecular formula is C13H17NO. The molecule has 0 bridgehead atoms. The van der Waals surface area contributed by atoms with E-state index in [0.29, 0.717) is 11.8 Å². The van der Waals surface area contributed by atoms with Crippen LogP contribution in [-0.2, 0) is 6.54 Å². The first-order valence-corrected chi connectivity index (χ1v) is 5.51. The van der Waals surface area contributed by atoms with Crippen LogP contribution in [0.2, 0.25) is 0 Å². The second-order valence-electron chi connectivity index (χ2n) is 4.03. The zero-order chi connectivity index (χ0) is 10.5. The lowest BCUT2D eigenvalue weighted by Crippen LogP contribution is -2.29. The summed E-state index contributed by atoms with van der Waals surface area (Å²) in [6.07, 6.45) is 8.00. The van der Waals surface area contributed by atoms with Gasteiger partial charge in [-0.3, -0.25) is 0 Å². The first-order valence-electron chi connectivity index (χ1n) is 5.51. The van der Waals surface area contributed by atoms with Gasteiger partial charge in [-0.15, -0.1) is 0 Å². The summed E-state index contributed by atoms with van der Waals surface area (Å²) in [5.41, 5.74) is 1.14. The Hall–Kier alpha value is -1.28. The number of benzene rings is 1. The Bertz CT molecular complexity index is 346. The zero-order valence-corrected chi connectivity index (χ0v) is 8.82. The first-order chi connectivity index (χ1) is 7.34. The molecule has 0 radical (unpaired) electrons. The van der Waals surface area contributed by atoms with Gasteiger partial charge in [-0.05, 0) is 37.0 Å². The molecule has 80 valence electrons. The van der Waals surface area contributed by atoms with Crippen LogP contribution in [0.3, 0.4) is 0 Å². The third kappa shape index (κ3) is 3.10. The van der Waals surface area contributed by atoms with Crippen molar-refractivity contribution in [3.63, 3.8) is 0 Å². The molecule has 0 saturated carbocycles. The molecule has 1 aliphatic rings. The molecule has 1 aliphatic carbocycles. The molecule has 2 nitrogen and oxygen atoms in total. The van der Waals surface area contributed by atoms with Crippen LogP contribution in [-0.4, -0.2) is 11.1 Å². The van der Waals surface area contributed by atoms with E-state index < -0.39 is 0 Å². The van der Waals surface area contributed by atoms with Crippen molar-refractivity contribution in [2.45, 2.75) is 31.8 Å². The number of rotatable bonds is 3. The van der Waals surface area contributed by atoms with Crippen LogP contribution >= 0.6 is 0 Å². The van der Waals surface area contributed by atoms with Crippen LogP contribution < -0.4 is 5.32 Å². The highest BCUT2D eigenvalue weighted by molar-refractivity contribution is 5.26. The van der Waals surface area contributed by atoms with E-state index in [1.165, 1.54) is 12.8 Å². The van der Waals surface area contributed by atoms with Crippen LogP contribution in [0.5, 0.6) is 5.75 Å². The Kier molecular flexibility index (Phi) is 3.41. The Morgan fingerprint density at radius 1 is 1.33 bits per heavy atom. The highest BCUT2D eigenvalue weighted by Gasteiger charge is 2.08. The smallest absolute Gasteiger partial charge is 0.115 e. The van der Waals surface area contributed by atoms with Gasteiger partial charge in [-0.2, -0.15) is 0 Å². The summed E-state index contributed by atoms with van der Waals surface area (Å²) in [5, 5.41) is 12.8. The average Bonchev–Trinajstić information content (AvgIpc) is 2.28. The van der Waals surface area contributed by atoms with Crippen molar-refractivity contribution < 1.29 is 5.11 Å². The van der Waals surface area contributed by atoms with Crippen molar-refractivity contribution >= 4 is 0 Å². The fourth-order valence-corrected chi connectivity index (χ4v) is 1.91. The quantitative estimate of drug-likeness (QED) is 0.740. The summed E-state index contributed by atoms with van der Waals surface area (Å²) < 4.78 is 0. The van der Waals surface area contributed by atoms with Crippen molar-refractivity contribution in [2.75, 3.05) is 0 Å². The maximum atomic E-state index is 9.31. The fraction of sp³-hybridized carbons (Fsp3) is 0.385. The van der Waals surface area contributed by atoms with Crippen molar-refractivity contribution in [3.8, 4) is 5.75 Å². The molecule has 1 atom stereocenters. The lowest BCUT2D eigenvalue weighted by atomic mass is 10.0. The van der Waals surface area contributed by atoms with Crippen LogP contribution in [0.25, 0.3) is 0 Å². The van der Waals surface area contributed by atoms with Crippen LogP contribution in [0.15, 0.2) is 36.4 Å². The lowest BCUT2D eigenvalue weighted by Gasteiger charge is -2.19. The number of phenols is 1. The van der Waals surface area contributed by atoms with Gasteiger partial charge in [0.2, 0.25) is 0 Å². The number of hydrogen-bond donors (Lipinski definition) is 2. The monoisotopic (exact) mass is 203 g/mol. The normalized spacial score (nSPS) is 20.4. The van der Waals surface area contributed by atoms with Gasteiger partial charge in [0.05, 0.1) is 0 Å². The van der Waals surface area contributed by atoms with Crippen molar-refractivity contribution in [1.82, 2.24) is 5.32 Å². The molecule has 0 heterocycles. The summed E-state index contributed by atoms with van der Waals surface area (Å²) in [7, 11) is 0. The van der Waals surface area contributed by atoms with Crippen molar-refractivity contribution in [1.29, 1.82) is 0 Å². The predicted octanol–water partition coefficient (Wildman–Crippen LogP) is 2.59. The van der Waals surface area contributed by atoms with Crippen LogP contribution in [0, 0.1) is 0 Å². The minimum absolute atomic E-state index is 0.345. The molecule has 0 spiro atoms. The van der Waals surface area contributed by atoms with E-state index in [1.807, 2.05) is 18.2 Å². The second kappa shape index (κ2) is 4.99. The number of allylic oxidation sites excluding steroid dienone is 1. The second-order valence-corrected chi connectivity index (χ2v) is 4.03. The maximum absolute atomic E-state index is 9.31. The Labute approximate surface area is 90.6 Å². The van der Waals surface area contributed by atoms with E-state index in [2.05, 4.69) is 17.5 Å². The fourth-order valence-electron chi connectivity index (χ4n) is 1.91. The van der Waals surface area contributed by atoms with Gasteiger partial charge < -0.3 is 10.4 Å². The largest absolute Gasteiger partial charge is 0.508 e. The third-order valence-electron chi connectivity index (χ3n) is 2.77. The van der Waals surface area contributed by atoms with E-state index in [1.54, 1.807) is 6.07 Å². The van der Waals surface area contributed by atoms with Gasteiger partial charge in [-0.1, -0.05) is 24.3 Å². The van der Waals surface area contributed by atoms with E-state index in [4.69, 9.17) is 0 Å². The molecule has 15 heavy (non-hydrogen) atoms. The maximum Gasteiger partial charge on any atom is 0.115 e. The highest BCUT2D eigenvalue weighted by Crippen LogP contribution is 2.13. The minimum atomic E-state index is 0.345. The Morgan fingerprint density at radius 3 is 3.00 bits per heavy atom. The van der Waals surface area contributed by atoms with E-state index >= 15 is 0 Å². The Morgan fingerprint density at radius 2 is 2.27 bits per heavy atom. The molecule has 1 aromatic rings. The molecule has 1 unspecified atom stereocenters. The molecule has 0 fully saturated rings. The summed E-state index contributed by atoms with van der Waals surface area (Å²) >= 11 is 0. The zero-order valence-electron chi connectivity index (χ0n) is 8.82. The average molecular weight is 203 g/mol. The molecule has 0 aromatic heterocycles. The number of hydrogen-bond acceptors (Lipinski definition) is 2. The topological polar surface area (TPSA) is 32.3 Å². The minimum Gasteiger partial charge on any atom is -0.508 e. The summed E-state index contributed by atoms with van der Waals surface area (Å²) in [6.45, 7) is 0.840. The van der Waals surface area contributed by atoms with E-state index in [9.17, 15) is 5.11 Å². The van der Waals surface area contributed by atoms with Gasteiger partial charge in [-0.25, -0.2) is 0 Å². The molecule has 2 N–H and O–H groups in total. The van der Waals surface area contributed by atoms with Gasteiger partial charge in [0.1, 0.15) is 5.75 Å². The third-order valence-corrected chi connectivity index (χ3v) is 2.77. The number of phenolic OH excluding ortho intramolecular Hbond substituents is 1. The molecule has 0 aliphatic heterocycles. The van der Waals surface area contributed by atoms with E-state index in [0.717, 1.165) is 18.5 Å². The molecule has 1 aromatic carbocycles. The SMILES string of the molecule is Oc1cccc(CNC2CC=CCC2)c1. The highest BCUT2D eigenvalue weighted by atomic mass is 16.3. The number of nitrogens with one attached hydrogen (secondary N) is 1. The molecule has 0 saturated heterocycles. The van der Waals surface area contributed by atoms with Gasteiger partial charge in [0.25, 0.3) is 0 Å². The first kappa shape index (κ1) is 10.2.